The van der Waals surface area contributed by atoms with Gasteiger partial charge in [0.05, 0.1) is 22.3 Å². The third kappa shape index (κ3) is 4.81. The van der Waals surface area contributed by atoms with E-state index < -0.39 is 5.91 Å². The molecule has 1 heterocycles. The average molecular weight is 444 g/mol. The Morgan fingerprint density at radius 1 is 1.07 bits per heavy atom. The highest BCUT2D eigenvalue weighted by Gasteiger charge is 2.14. The smallest absolute Gasteiger partial charge is 0.273 e. The molecule has 3 N–H and O–H groups in total. The quantitative estimate of drug-likeness (QED) is 0.406. The van der Waals surface area contributed by atoms with Crippen LogP contribution in [0, 0.1) is 0 Å². The van der Waals surface area contributed by atoms with Crippen LogP contribution in [0.1, 0.15) is 25.6 Å². The lowest BCUT2D eigenvalue weighted by Crippen LogP contribution is -2.21. The van der Waals surface area contributed by atoms with E-state index in [4.69, 9.17) is 0 Å². The van der Waals surface area contributed by atoms with Crippen molar-refractivity contribution in [1.82, 2.24) is 5.43 Å². The number of carbonyl (C=O) groups excluding carboxylic acids is 2. The number of carbonyl (C=O) groups is 2. The van der Waals surface area contributed by atoms with Crippen LogP contribution in [0.25, 0.3) is 0 Å². The minimum absolute atomic E-state index is 0.0415. The minimum atomic E-state index is -0.484. The van der Waals surface area contributed by atoms with Crippen LogP contribution in [-0.4, -0.2) is 23.1 Å². The standard InChI is InChI=1S/C19H14BrN3O3S/c20-13-7-8-16(24)12(10-13)11-21-23-18(25)14-4-1-2-5-15(14)22-19(26)17-6-3-9-27-17/h1-11,24H,(H,22,26)(H,23,25)/b21-11+. The molecular formula is C19H14BrN3O3S. The normalized spacial score (nSPS) is 10.7. The van der Waals surface area contributed by atoms with E-state index in [1.807, 2.05) is 0 Å². The number of amides is 2. The van der Waals surface area contributed by atoms with Crippen molar-refractivity contribution >= 4 is 51.0 Å². The number of hydrogen-bond acceptors (Lipinski definition) is 5. The van der Waals surface area contributed by atoms with Gasteiger partial charge in [-0.3, -0.25) is 9.59 Å². The Balaban J connectivity index is 1.72. The molecule has 136 valence electrons. The molecule has 3 aromatic rings. The van der Waals surface area contributed by atoms with Crippen molar-refractivity contribution in [3.8, 4) is 5.75 Å². The summed E-state index contributed by atoms with van der Waals surface area (Å²) < 4.78 is 0.773. The van der Waals surface area contributed by atoms with Crippen molar-refractivity contribution in [1.29, 1.82) is 0 Å². The highest BCUT2D eigenvalue weighted by molar-refractivity contribution is 9.10. The number of phenolic OH excluding ortho intramolecular Hbond substituents is 1. The number of anilines is 1. The van der Waals surface area contributed by atoms with Gasteiger partial charge in [-0.15, -0.1) is 11.3 Å². The maximum Gasteiger partial charge on any atom is 0.273 e. The third-order valence-corrected chi connectivity index (χ3v) is 4.89. The van der Waals surface area contributed by atoms with E-state index in [1.54, 1.807) is 53.9 Å². The van der Waals surface area contributed by atoms with Gasteiger partial charge in [0.15, 0.2) is 0 Å². The van der Waals surface area contributed by atoms with E-state index in [0.29, 0.717) is 16.1 Å². The first-order valence-electron chi connectivity index (χ1n) is 7.80. The number of thiophene rings is 1. The van der Waals surface area contributed by atoms with Crippen LogP contribution in [0.5, 0.6) is 5.75 Å². The van der Waals surface area contributed by atoms with Gasteiger partial charge in [0, 0.05) is 10.0 Å². The van der Waals surface area contributed by atoms with Gasteiger partial charge < -0.3 is 10.4 Å². The average Bonchev–Trinajstić information content (AvgIpc) is 3.20. The lowest BCUT2D eigenvalue weighted by atomic mass is 10.1. The molecule has 0 aliphatic carbocycles. The Bertz CT molecular complexity index is 1000. The summed E-state index contributed by atoms with van der Waals surface area (Å²) in [4.78, 5) is 25.2. The van der Waals surface area contributed by atoms with Crippen molar-refractivity contribution in [2.75, 3.05) is 5.32 Å². The number of aromatic hydroxyl groups is 1. The van der Waals surface area contributed by atoms with Gasteiger partial charge in [-0.2, -0.15) is 5.10 Å². The summed E-state index contributed by atoms with van der Waals surface area (Å²) in [6, 6.07) is 15.0. The van der Waals surface area contributed by atoms with Gasteiger partial charge in [0.25, 0.3) is 11.8 Å². The number of para-hydroxylation sites is 1. The van der Waals surface area contributed by atoms with Gasteiger partial charge in [-0.1, -0.05) is 34.1 Å². The van der Waals surface area contributed by atoms with Crippen molar-refractivity contribution < 1.29 is 14.7 Å². The first kappa shape index (κ1) is 18.8. The second kappa shape index (κ2) is 8.61. The lowest BCUT2D eigenvalue weighted by molar-refractivity contribution is 0.0956. The molecule has 0 atom stereocenters. The summed E-state index contributed by atoms with van der Waals surface area (Å²) >= 11 is 4.62. The van der Waals surface area contributed by atoms with Crippen LogP contribution < -0.4 is 10.7 Å². The summed E-state index contributed by atoms with van der Waals surface area (Å²) in [6.07, 6.45) is 1.34. The highest BCUT2D eigenvalue weighted by atomic mass is 79.9. The van der Waals surface area contributed by atoms with Crippen LogP contribution in [0.15, 0.2) is 69.6 Å². The summed E-state index contributed by atoms with van der Waals surface area (Å²) in [5.74, 6) is -0.726. The number of hydrogen-bond donors (Lipinski definition) is 3. The fourth-order valence-corrected chi connectivity index (χ4v) is 3.23. The fourth-order valence-electron chi connectivity index (χ4n) is 2.23. The zero-order valence-corrected chi connectivity index (χ0v) is 16.3. The molecule has 0 bridgehead atoms. The molecule has 1 aromatic heterocycles. The van der Waals surface area contributed by atoms with Crippen LogP contribution in [0.2, 0.25) is 0 Å². The predicted octanol–water partition coefficient (Wildman–Crippen LogP) is 4.23. The van der Waals surface area contributed by atoms with Crippen LogP contribution in [0.3, 0.4) is 0 Å². The molecule has 6 nitrogen and oxygen atoms in total. The fraction of sp³-hybridized carbons (Fsp3) is 0. The van der Waals surface area contributed by atoms with Crippen LogP contribution >= 0.6 is 27.3 Å². The van der Waals surface area contributed by atoms with Crippen molar-refractivity contribution in [3.63, 3.8) is 0 Å². The number of rotatable bonds is 5. The Kier molecular flexibility index (Phi) is 6.00. The van der Waals surface area contributed by atoms with Crippen molar-refractivity contribution in [2.45, 2.75) is 0 Å². The molecule has 27 heavy (non-hydrogen) atoms. The van der Waals surface area contributed by atoms with E-state index in [1.165, 1.54) is 23.6 Å². The highest BCUT2D eigenvalue weighted by Crippen LogP contribution is 2.20. The van der Waals surface area contributed by atoms with Crippen molar-refractivity contribution in [2.24, 2.45) is 5.10 Å². The number of phenols is 1. The van der Waals surface area contributed by atoms with E-state index in [9.17, 15) is 14.7 Å². The Morgan fingerprint density at radius 3 is 2.67 bits per heavy atom. The first-order chi connectivity index (χ1) is 13.0. The number of hydrazone groups is 1. The molecule has 3 rings (SSSR count). The number of halogens is 1. The Morgan fingerprint density at radius 2 is 1.89 bits per heavy atom. The van der Waals surface area contributed by atoms with Crippen LogP contribution in [0.4, 0.5) is 5.69 Å². The summed E-state index contributed by atoms with van der Waals surface area (Å²) in [6.45, 7) is 0. The van der Waals surface area contributed by atoms with E-state index in [-0.39, 0.29) is 17.2 Å². The van der Waals surface area contributed by atoms with Gasteiger partial charge in [0.1, 0.15) is 5.75 Å². The topological polar surface area (TPSA) is 90.8 Å². The minimum Gasteiger partial charge on any atom is -0.507 e. The van der Waals surface area contributed by atoms with E-state index in [0.717, 1.165) is 4.47 Å². The second-order valence-electron chi connectivity index (χ2n) is 5.38. The molecular weight excluding hydrogens is 430 g/mol. The molecule has 2 amide bonds. The Labute approximate surface area is 167 Å². The molecule has 0 saturated heterocycles. The second-order valence-corrected chi connectivity index (χ2v) is 7.24. The maximum absolute atomic E-state index is 12.4. The molecule has 0 fully saturated rings. The zero-order chi connectivity index (χ0) is 19.2. The number of benzene rings is 2. The summed E-state index contributed by atoms with van der Waals surface area (Å²) in [7, 11) is 0. The number of nitrogens with one attached hydrogen (secondary N) is 2. The SMILES string of the molecule is O=C(Nc1ccccc1C(=O)N/N=C/c1cc(Br)ccc1O)c1cccs1. The maximum atomic E-state index is 12.4. The van der Waals surface area contributed by atoms with Gasteiger partial charge in [-0.25, -0.2) is 5.43 Å². The predicted molar refractivity (Wildman–Crippen MR) is 110 cm³/mol. The largest absolute Gasteiger partial charge is 0.507 e. The summed E-state index contributed by atoms with van der Waals surface area (Å²) in [5.41, 5.74) is 3.51. The van der Waals surface area contributed by atoms with Crippen LogP contribution in [-0.2, 0) is 0 Å². The van der Waals surface area contributed by atoms with Gasteiger partial charge >= 0.3 is 0 Å². The molecule has 8 heteroatoms. The van der Waals surface area contributed by atoms with Crippen molar-refractivity contribution in [3.05, 3.63) is 80.5 Å². The molecule has 0 spiro atoms. The number of nitrogens with zero attached hydrogens (tertiary/aromatic N) is 1. The zero-order valence-electron chi connectivity index (χ0n) is 13.8. The van der Waals surface area contributed by atoms with Gasteiger partial charge in [-0.05, 0) is 41.8 Å². The monoisotopic (exact) mass is 443 g/mol. The molecule has 0 aliphatic heterocycles. The molecule has 0 saturated carbocycles. The van der Waals surface area contributed by atoms with Gasteiger partial charge in [0.2, 0.25) is 0 Å². The third-order valence-electron chi connectivity index (χ3n) is 3.52. The molecule has 0 aliphatic rings. The first-order valence-corrected chi connectivity index (χ1v) is 9.47. The molecule has 0 unspecified atom stereocenters. The Hall–Kier alpha value is -2.97. The van der Waals surface area contributed by atoms with E-state index in [2.05, 4.69) is 31.8 Å². The molecule has 0 radical (unpaired) electrons. The lowest BCUT2D eigenvalue weighted by Gasteiger charge is -2.09. The molecule has 2 aromatic carbocycles. The van der Waals surface area contributed by atoms with E-state index >= 15 is 0 Å². The summed E-state index contributed by atoms with van der Waals surface area (Å²) in [5, 5.41) is 18.2.